The highest BCUT2D eigenvalue weighted by Gasteiger charge is 2.15. The van der Waals surface area contributed by atoms with Crippen LogP contribution >= 0.6 is 7.92 Å². The third-order valence-corrected chi connectivity index (χ3v) is 14.8. The van der Waals surface area contributed by atoms with E-state index in [0.29, 0.717) is 0 Å². The lowest BCUT2D eigenvalue weighted by Gasteiger charge is -2.12. The molecule has 0 aromatic heterocycles. The molecule has 0 aliphatic rings. The lowest BCUT2D eigenvalue weighted by molar-refractivity contribution is 0.537. The van der Waals surface area contributed by atoms with E-state index in [-0.39, 0.29) is 7.92 Å². The maximum atomic E-state index is 2.32. The zero-order valence-corrected chi connectivity index (χ0v) is 36.3. The molecule has 0 bridgehead atoms. The Labute approximate surface area is 315 Å². The minimum Gasteiger partial charge on any atom is -0.0654 e. The highest BCUT2D eigenvalue weighted by Crippen LogP contribution is 2.39. The highest BCUT2D eigenvalue weighted by atomic mass is 31.1. The van der Waals surface area contributed by atoms with Crippen LogP contribution in [-0.2, 0) is 0 Å². The van der Waals surface area contributed by atoms with Crippen molar-refractivity contribution in [2.75, 3.05) is 18.5 Å². The predicted molar refractivity (Wildman–Crippen MR) is 234 cm³/mol. The summed E-state index contributed by atoms with van der Waals surface area (Å²) in [4.78, 5) is 0. The molecule has 0 spiro atoms. The van der Waals surface area contributed by atoms with Crippen molar-refractivity contribution < 1.29 is 0 Å². The molecule has 49 heavy (non-hydrogen) atoms. The van der Waals surface area contributed by atoms with Crippen molar-refractivity contribution in [2.45, 2.75) is 290 Å². The number of hydrogen-bond acceptors (Lipinski definition) is 0. The maximum absolute atomic E-state index is 2.32. The van der Waals surface area contributed by atoms with Gasteiger partial charge in [0.05, 0.1) is 18.5 Å². The van der Waals surface area contributed by atoms with E-state index < -0.39 is 0 Å². The van der Waals surface area contributed by atoms with E-state index in [1.54, 1.807) is 37.7 Å². The van der Waals surface area contributed by atoms with Crippen LogP contribution in [0.15, 0.2) is 0 Å². The molecule has 0 unspecified atom stereocenters. The van der Waals surface area contributed by atoms with Gasteiger partial charge in [-0.1, -0.05) is 252 Å². The molecule has 0 N–H and O–H groups in total. The molecule has 0 aromatic rings. The Morgan fingerprint density at radius 2 is 0.286 bits per heavy atom. The second-order valence-electron chi connectivity index (χ2n) is 16.8. The first kappa shape index (κ1) is 49.4. The predicted octanol–water partition coefficient (Wildman–Crippen LogP) is 18.6. The molecule has 0 heterocycles. The molecule has 0 rings (SSSR count). The number of hydrogen-bond donors (Lipinski definition) is 0. The van der Waals surface area contributed by atoms with Gasteiger partial charge in [0.25, 0.3) is 0 Å². The van der Waals surface area contributed by atoms with E-state index in [1.807, 2.05) is 0 Å². The number of unbranched alkanes of at least 4 members (excludes halogenated alkanes) is 39. The summed E-state index contributed by atoms with van der Waals surface area (Å²) in [7, 11) is -0.0916. The Hall–Kier alpha value is 0.430. The van der Waals surface area contributed by atoms with Crippen molar-refractivity contribution in [3.05, 3.63) is 0 Å². The van der Waals surface area contributed by atoms with Crippen LogP contribution in [-0.4, -0.2) is 18.5 Å². The Kier molecular flexibility index (Phi) is 46.9. The zero-order chi connectivity index (χ0) is 35.4. The summed E-state index contributed by atoms with van der Waals surface area (Å²) < 4.78 is 0. The molecule has 0 aliphatic carbocycles. The van der Waals surface area contributed by atoms with Crippen LogP contribution in [0.3, 0.4) is 0 Å². The van der Waals surface area contributed by atoms with E-state index in [0.717, 1.165) is 0 Å². The molecule has 0 saturated heterocycles. The van der Waals surface area contributed by atoms with Crippen LogP contribution < -0.4 is 0 Å². The molecule has 0 saturated carbocycles. The van der Waals surface area contributed by atoms with Crippen molar-refractivity contribution in [3.63, 3.8) is 0 Å². The van der Waals surface area contributed by atoms with E-state index in [2.05, 4.69) is 20.8 Å². The maximum Gasteiger partial charge on any atom is 0.0571 e. The summed E-state index contributed by atoms with van der Waals surface area (Å²) in [5.41, 5.74) is 0. The Balaban J connectivity index is 3.93. The lowest BCUT2D eigenvalue weighted by atomic mass is 10.0. The van der Waals surface area contributed by atoms with Crippen molar-refractivity contribution in [1.82, 2.24) is 0 Å². The molecule has 296 valence electrons. The van der Waals surface area contributed by atoms with Gasteiger partial charge in [-0.2, -0.15) is 0 Å². The van der Waals surface area contributed by atoms with E-state index in [1.165, 1.54) is 250 Å². The summed E-state index contributed by atoms with van der Waals surface area (Å²) in [6, 6.07) is 0. The first-order valence-corrected chi connectivity index (χ1v) is 26.3. The van der Waals surface area contributed by atoms with Crippen molar-refractivity contribution in [2.24, 2.45) is 0 Å². The molecule has 0 nitrogen and oxygen atoms in total. The molecular formula is C48H100P+. The molecule has 0 aromatic carbocycles. The van der Waals surface area contributed by atoms with Gasteiger partial charge in [0, 0.05) is 7.92 Å². The summed E-state index contributed by atoms with van der Waals surface area (Å²) in [6.07, 6.45) is 67.6. The van der Waals surface area contributed by atoms with E-state index in [9.17, 15) is 0 Å². The van der Waals surface area contributed by atoms with Gasteiger partial charge in [0.2, 0.25) is 0 Å². The monoisotopic (exact) mass is 708 g/mol. The molecule has 0 aliphatic heterocycles. The minimum absolute atomic E-state index is 0.0916. The fraction of sp³-hybridized carbons (Fsp3) is 1.00. The molecule has 0 radical (unpaired) electrons. The molecule has 0 fully saturated rings. The molecule has 0 amide bonds. The third kappa shape index (κ3) is 44.5. The summed E-state index contributed by atoms with van der Waals surface area (Å²) in [5, 5.41) is 0. The Morgan fingerprint density at radius 3 is 0.429 bits per heavy atom. The normalized spacial score (nSPS) is 11.8. The molecule has 0 atom stereocenters. The highest BCUT2D eigenvalue weighted by molar-refractivity contribution is 7.57. The van der Waals surface area contributed by atoms with Crippen molar-refractivity contribution >= 4 is 7.92 Å². The largest absolute Gasteiger partial charge is 0.0654 e. The van der Waals surface area contributed by atoms with Gasteiger partial charge in [-0.15, -0.1) is 0 Å². The lowest BCUT2D eigenvalue weighted by Crippen LogP contribution is -1.97. The van der Waals surface area contributed by atoms with Gasteiger partial charge in [-0.25, -0.2) is 0 Å². The van der Waals surface area contributed by atoms with Gasteiger partial charge in [0.15, 0.2) is 0 Å². The standard InChI is InChI=1S/C48H99P/c1-4-7-10-13-16-19-22-25-28-31-34-37-40-43-46-49(47-44-41-38-35-32-29-26-23-20-17-14-11-8-5-2)48-45-42-39-36-33-30-27-24-21-18-15-12-9-6-3/h4-48H2,1-3H3/p+1. The smallest absolute Gasteiger partial charge is 0.0571 e. The van der Waals surface area contributed by atoms with Crippen molar-refractivity contribution in [1.29, 1.82) is 0 Å². The van der Waals surface area contributed by atoms with Crippen molar-refractivity contribution in [3.8, 4) is 0 Å². The van der Waals surface area contributed by atoms with Gasteiger partial charge in [-0.05, 0) is 38.5 Å². The van der Waals surface area contributed by atoms with Crippen LogP contribution in [0.5, 0.6) is 0 Å². The van der Waals surface area contributed by atoms with Crippen LogP contribution in [0.4, 0.5) is 0 Å². The fourth-order valence-electron chi connectivity index (χ4n) is 8.08. The van der Waals surface area contributed by atoms with Crippen LogP contribution in [0.1, 0.15) is 290 Å². The van der Waals surface area contributed by atoms with Gasteiger partial charge < -0.3 is 0 Å². The second kappa shape index (κ2) is 46.5. The first-order valence-electron chi connectivity index (χ1n) is 24.2. The average Bonchev–Trinajstić information content (AvgIpc) is 3.11. The summed E-state index contributed by atoms with van der Waals surface area (Å²) in [6.45, 7) is 6.97. The van der Waals surface area contributed by atoms with Gasteiger partial charge >= 0.3 is 0 Å². The summed E-state index contributed by atoms with van der Waals surface area (Å²) in [5.74, 6) is 0. The second-order valence-corrected chi connectivity index (χ2v) is 19.8. The van der Waals surface area contributed by atoms with Gasteiger partial charge in [0.1, 0.15) is 0 Å². The Bertz CT molecular complexity index is 467. The topological polar surface area (TPSA) is 0 Å². The molecule has 1 heteroatoms. The number of rotatable bonds is 45. The fourth-order valence-corrected chi connectivity index (χ4v) is 11.1. The van der Waals surface area contributed by atoms with Crippen LogP contribution in [0.25, 0.3) is 0 Å². The third-order valence-electron chi connectivity index (χ3n) is 11.7. The zero-order valence-electron chi connectivity index (χ0n) is 35.3. The minimum atomic E-state index is -0.0916. The van der Waals surface area contributed by atoms with Gasteiger partial charge in [-0.3, -0.25) is 0 Å². The SMILES string of the molecule is CCCCCCCCCCCCCCCC[PH+](CCCCCCCCCCCCCCCC)CCCCCCCCCCCCCCCC. The summed E-state index contributed by atoms with van der Waals surface area (Å²) >= 11 is 0. The van der Waals surface area contributed by atoms with E-state index >= 15 is 0 Å². The van der Waals surface area contributed by atoms with Crippen LogP contribution in [0.2, 0.25) is 0 Å². The first-order chi connectivity index (χ1) is 24.3. The van der Waals surface area contributed by atoms with Crippen LogP contribution in [0, 0.1) is 0 Å². The Morgan fingerprint density at radius 1 is 0.163 bits per heavy atom. The quantitative estimate of drug-likeness (QED) is 0.0437. The average molecular weight is 708 g/mol. The molecular weight excluding hydrogens is 608 g/mol. The van der Waals surface area contributed by atoms with E-state index in [4.69, 9.17) is 0 Å².